The van der Waals surface area contributed by atoms with Gasteiger partial charge < -0.3 is 10.1 Å². The van der Waals surface area contributed by atoms with Crippen molar-refractivity contribution < 1.29 is 18.3 Å². The maximum absolute atomic E-state index is 13.2. The molecule has 1 N–H and O–H groups in total. The lowest BCUT2D eigenvalue weighted by Crippen LogP contribution is -2.43. The normalized spacial score (nSPS) is 16.0. The lowest BCUT2D eigenvalue weighted by Gasteiger charge is -2.37. The zero-order valence-electron chi connectivity index (χ0n) is 14.0. The summed E-state index contributed by atoms with van der Waals surface area (Å²) < 4.78 is 29.1. The number of alkyl halides is 2. The van der Waals surface area contributed by atoms with Crippen LogP contribution in [0.4, 0.5) is 20.2 Å². The number of amides is 1. The Balaban J connectivity index is 1.76. The van der Waals surface area contributed by atoms with Crippen LogP contribution in [-0.4, -0.2) is 17.5 Å². The molecule has 4 rings (SSSR count). The molecule has 2 aromatic carbocycles. The Labute approximate surface area is 154 Å². The van der Waals surface area contributed by atoms with Crippen LogP contribution in [0.25, 0.3) is 0 Å². The van der Waals surface area contributed by atoms with Crippen molar-refractivity contribution in [2.75, 3.05) is 10.2 Å². The summed E-state index contributed by atoms with van der Waals surface area (Å²) in [6, 6.07) is 18.6. The quantitative estimate of drug-likeness (QED) is 0.740. The van der Waals surface area contributed by atoms with Gasteiger partial charge in [-0.1, -0.05) is 18.2 Å². The minimum absolute atomic E-state index is 0.0287. The van der Waals surface area contributed by atoms with E-state index in [2.05, 4.69) is 15.0 Å². The first-order valence-corrected chi connectivity index (χ1v) is 8.28. The molecule has 0 fully saturated rings. The van der Waals surface area contributed by atoms with Crippen molar-refractivity contribution in [2.24, 2.45) is 0 Å². The van der Waals surface area contributed by atoms with E-state index in [0.717, 1.165) is 0 Å². The molecule has 0 spiro atoms. The molecule has 1 amide bonds. The van der Waals surface area contributed by atoms with E-state index in [0.29, 0.717) is 22.6 Å². The highest BCUT2D eigenvalue weighted by molar-refractivity contribution is 6.12. The van der Waals surface area contributed by atoms with Gasteiger partial charge in [0, 0.05) is 17.6 Å². The lowest BCUT2D eigenvalue weighted by atomic mass is 10.0. The maximum atomic E-state index is 13.2. The summed E-state index contributed by atoms with van der Waals surface area (Å²) in [6.45, 7) is -2.90. The summed E-state index contributed by atoms with van der Waals surface area (Å²) in [7, 11) is 0. The van der Waals surface area contributed by atoms with Crippen molar-refractivity contribution in [3.05, 3.63) is 84.2 Å². The van der Waals surface area contributed by atoms with Gasteiger partial charge in [-0.25, -0.2) is 0 Å². The van der Waals surface area contributed by atoms with Crippen molar-refractivity contribution in [2.45, 2.75) is 12.8 Å². The lowest BCUT2D eigenvalue weighted by molar-refractivity contribution is -0.0498. The number of nitrogens with one attached hydrogen (secondary N) is 1. The number of benzene rings is 2. The van der Waals surface area contributed by atoms with Gasteiger partial charge in [0.15, 0.2) is 6.17 Å². The summed E-state index contributed by atoms with van der Waals surface area (Å²) in [6.07, 6.45) is 1.12. The van der Waals surface area contributed by atoms with Gasteiger partial charge in [0.2, 0.25) is 0 Å². The number of nitrogens with zero attached hydrogens (tertiary/aromatic N) is 2. The molecule has 27 heavy (non-hydrogen) atoms. The molecule has 1 atom stereocenters. The molecule has 5 nitrogen and oxygen atoms in total. The molecule has 136 valence electrons. The highest BCUT2D eigenvalue weighted by Crippen LogP contribution is 2.36. The zero-order chi connectivity index (χ0) is 18.8. The molecule has 7 heteroatoms. The third kappa shape index (κ3) is 3.31. The molecule has 0 radical (unpaired) electrons. The van der Waals surface area contributed by atoms with E-state index in [1.165, 1.54) is 12.1 Å². The van der Waals surface area contributed by atoms with Gasteiger partial charge in [-0.15, -0.1) is 0 Å². The van der Waals surface area contributed by atoms with Crippen molar-refractivity contribution >= 4 is 17.3 Å². The number of anilines is 2. The molecule has 0 unspecified atom stereocenters. The molecular formula is C20H15F2N3O2. The molecule has 0 saturated carbocycles. The van der Waals surface area contributed by atoms with Gasteiger partial charge in [-0.3, -0.25) is 14.7 Å². The SMILES string of the molecule is O=C1c2ccccc2N[C@@H](c2ccccn2)N1c1ccc(OC(F)F)cc1. The second-order valence-corrected chi connectivity index (χ2v) is 5.89. The summed E-state index contributed by atoms with van der Waals surface area (Å²) in [4.78, 5) is 19.1. The molecule has 2 heterocycles. The van der Waals surface area contributed by atoms with Crippen LogP contribution in [0.1, 0.15) is 22.2 Å². The number of rotatable bonds is 4. The Morgan fingerprint density at radius 3 is 2.44 bits per heavy atom. The second kappa shape index (κ2) is 7.03. The van der Waals surface area contributed by atoms with Crippen LogP contribution < -0.4 is 15.0 Å². The van der Waals surface area contributed by atoms with Crippen LogP contribution in [0.3, 0.4) is 0 Å². The number of carbonyl (C=O) groups is 1. The number of pyridine rings is 1. The fraction of sp³-hybridized carbons (Fsp3) is 0.100. The van der Waals surface area contributed by atoms with E-state index in [-0.39, 0.29) is 11.7 Å². The zero-order valence-corrected chi connectivity index (χ0v) is 14.0. The highest BCUT2D eigenvalue weighted by Gasteiger charge is 2.34. The highest BCUT2D eigenvalue weighted by atomic mass is 19.3. The fourth-order valence-corrected chi connectivity index (χ4v) is 3.05. The van der Waals surface area contributed by atoms with E-state index in [1.807, 2.05) is 24.3 Å². The average molecular weight is 367 g/mol. The number of hydrogen-bond donors (Lipinski definition) is 1. The number of carbonyl (C=O) groups excluding carboxylic acids is 1. The van der Waals surface area contributed by atoms with Crippen LogP contribution in [0.15, 0.2) is 72.9 Å². The van der Waals surface area contributed by atoms with Crippen LogP contribution >= 0.6 is 0 Å². The van der Waals surface area contributed by atoms with Gasteiger partial charge in [-0.05, 0) is 48.5 Å². The minimum atomic E-state index is -2.90. The first kappa shape index (κ1) is 17.0. The smallest absolute Gasteiger partial charge is 0.387 e. The van der Waals surface area contributed by atoms with E-state index < -0.39 is 12.8 Å². The van der Waals surface area contributed by atoms with E-state index in [9.17, 15) is 13.6 Å². The largest absolute Gasteiger partial charge is 0.435 e. The molecule has 0 aliphatic carbocycles. The van der Waals surface area contributed by atoms with Crippen LogP contribution in [0.5, 0.6) is 5.75 Å². The molecule has 0 saturated heterocycles. The Morgan fingerprint density at radius 1 is 1.00 bits per heavy atom. The Bertz CT molecular complexity index is 949. The standard InChI is InChI=1S/C20H15F2N3O2/c21-20(22)27-14-10-8-13(9-11-14)25-18(17-7-3-4-12-23-17)24-16-6-2-1-5-15(16)19(25)26/h1-12,18,20,24H/t18-/m1/s1. The van der Waals surface area contributed by atoms with E-state index in [1.54, 1.807) is 41.4 Å². The topological polar surface area (TPSA) is 54.5 Å². The molecule has 0 bridgehead atoms. The third-order valence-electron chi connectivity index (χ3n) is 4.23. The monoisotopic (exact) mass is 367 g/mol. The number of fused-ring (bicyclic) bond motifs is 1. The molecule has 1 aliphatic heterocycles. The predicted molar refractivity (Wildman–Crippen MR) is 96.9 cm³/mol. The van der Waals surface area contributed by atoms with E-state index in [4.69, 9.17) is 0 Å². The minimum Gasteiger partial charge on any atom is -0.435 e. The van der Waals surface area contributed by atoms with Crippen molar-refractivity contribution in [1.82, 2.24) is 4.98 Å². The number of hydrogen-bond acceptors (Lipinski definition) is 4. The van der Waals surface area contributed by atoms with Crippen LogP contribution in [-0.2, 0) is 0 Å². The second-order valence-electron chi connectivity index (χ2n) is 5.89. The molecule has 1 aliphatic rings. The van der Waals surface area contributed by atoms with Gasteiger partial charge in [0.25, 0.3) is 5.91 Å². The Morgan fingerprint density at radius 2 is 1.74 bits per heavy atom. The Kier molecular flexibility index (Phi) is 4.42. The number of para-hydroxylation sites is 1. The van der Waals surface area contributed by atoms with Gasteiger partial charge >= 0.3 is 6.61 Å². The number of halogens is 2. The average Bonchev–Trinajstić information content (AvgIpc) is 2.69. The van der Waals surface area contributed by atoms with Crippen molar-refractivity contribution in [1.29, 1.82) is 0 Å². The summed E-state index contributed by atoms with van der Waals surface area (Å²) in [5.41, 5.74) is 2.44. The molecular weight excluding hydrogens is 352 g/mol. The molecule has 3 aromatic rings. The summed E-state index contributed by atoms with van der Waals surface area (Å²) >= 11 is 0. The van der Waals surface area contributed by atoms with Gasteiger partial charge in [0.1, 0.15) is 5.75 Å². The predicted octanol–water partition coefficient (Wildman–Crippen LogP) is 4.45. The van der Waals surface area contributed by atoms with Crippen molar-refractivity contribution in [3.8, 4) is 5.75 Å². The fourth-order valence-electron chi connectivity index (χ4n) is 3.05. The molecule has 1 aromatic heterocycles. The summed E-state index contributed by atoms with van der Waals surface area (Å²) in [5.74, 6) is -0.177. The van der Waals surface area contributed by atoms with E-state index >= 15 is 0 Å². The summed E-state index contributed by atoms with van der Waals surface area (Å²) in [5, 5.41) is 3.33. The first-order chi connectivity index (χ1) is 13.1. The van der Waals surface area contributed by atoms with Crippen LogP contribution in [0, 0.1) is 0 Å². The van der Waals surface area contributed by atoms with Gasteiger partial charge in [-0.2, -0.15) is 8.78 Å². The first-order valence-electron chi connectivity index (χ1n) is 8.28. The maximum Gasteiger partial charge on any atom is 0.387 e. The Hall–Kier alpha value is -3.48. The third-order valence-corrected chi connectivity index (χ3v) is 4.23. The van der Waals surface area contributed by atoms with Crippen molar-refractivity contribution in [3.63, 3.8) is 0 Å². The van der Waals surface area contributed by atoms with Crippen LogP contribution in [0.2, 0.25) is 0 Å². The number of aromatic nitrogens is 1. The number of ether oxygens (including phenoxy) is 1. The van der Waals surface area contributed by atoms with Gasteiger partial charge in [0.05, 0.1) is 11.3 Å².